The highest BCUT2D eigenvalue weighted by Crippen LogP contribution is 2.32. The molecular formula is C20H21FN2O3S. The van der Waals surface area contributed by atoms with Crippen molar-refractivity contribution in [1.29, 1.82) is 0 Å². The maximum Gasteiger partial charge on any atom is 0.241 e. The van der Waals surface area contributed by atoms with Crippen molar-refractivity contribution in [3.05, 3.63) is 65.5 Å². The molecule has 2 fully saturated rings. The van der Waals surface area contributed by atoms with E-state index >= 15 is 0 Å². The van der Waals surface area contributed by atoms with Gasteiger partial charge in [-0.25, -0.2) is 12.8 Å². The number of carbonyl (C=O) groups excluding carboxylic acids is 1. The van der Waals surface area contributed by atoms with Crippen LogP contribution in [0.15, 0.2) is 48.5 Å². The molecule has 0 saturated carbocycles. The Balaban J connectivity index is 1.65. The van der Waals surface area contributed by atoms with Crippen molar-refractivity contribution in [3.8, 4) is 0 Å². The molecule has 2 aliphatic heterocycles. The number of sulfone groups is 1. The Morgan fingerprint density at radius 1 is 1.00 bits per heavy atom. The monoisotopic (exact) mass is 388 g/mol. The highest BCUT2D eigenvalue weighted by molar-refractivity contribution is 7.91. The number of hydrogen-bond acceptors (Lipinski definition) is 4. The molecule has 0 bridgehead atoms. The van der Waals surface area contributed by atoms with Crippen LogP contribution in [0.2, 0.25) is 0 Å². The first-order chi connectivity index (χ1) is 12.8. The molecule has 4 rings (SSSR count). The van der Waals surface area contributed by atoms with Gasteiger partial charge in [-0.15, -0.1) is 0 Å². The maximum atomic E-state index is 13.2. The predicted molar refractivity (Wildman–Crippen MR) is 102 cm³/mol. The zero-order valence-electron chi connectivity index (χ0n) is 15.0. The number of halogens is 1. The van der Waals surface area contributed by atoms with E-state index in [1.165, 1.54) is 12.1 Å². The second-order valence-corrected chi connectivity index (χ2v) is 9.50. The number of hydrogen-bond donors (Lipinski definition) is 0. The smallest absolute Gasteiger partial charge is 0.241 e. The summed E-state index contributed by atoms with van der Waals surface area (Å²) in [6.45, 7) is 2.53. The summed E-state index contributed by atoms with van der Waals surface area (Å²) in [4.78, 5) is 16.5. The fourth-order valence-electron chi connectivity index (χ4n) is 4.00. The van der Waals surface area contributed by atoms with Gasteiger partial charge in [0.15, 0.2) is 9.84 Å². The molecule has 0 spiro atoms. The van der Waals surface area contributed by atoms with Crippen LogP contribution in [0.4, 0.5) is 10.1 Å². The molecule has 0 radical (unpaired) electrons. The van der Waals surface area contributed by atoms with Crippen LogP contribution in [0, 0.1) is 12.7 Å². The van der Waals surface area contributed by atoms with Crippen LogP contribution in [-0.2, 0) is 21.2 Å². The molecule has 2 aromatic carbocycles. The summed E-state index contributed by atoms with van der Waals surface area (Å²) < 4.78 is 37.9. The fraction of sp³-hybridized carbons (Fsp3) is 0.350. The van der Waals surface area contributed by atoms with Gasteiger partial charge in [0, 0.05) is 18.3 Å². The lowest BCUT2D eigenvalue weighted by atomic mass is 10.0. The zero-order chi connectivity index (χ0) is 19.2. The third kappa shape index (κ3) is 3.61. The quantitative estimate of drug-likeness (QED) is 0.809. The Morgan fingerprint density at radius 3 is 2.30 bits per heavy atom. The standard InChI is InChI=1S/C20H21FN2O3S/c1-14-2-8-17(9-3-14)23-19-13-27(25,26)12-18(19)22(11-20(23)24)10-15-4-6-16(21)7-5-15/h2-9,18-19H,10-13H2,1H3/t18-,19-/m0/s1. The minimum Gasteiger partial charge on any atom is -0.306 e. The van der Waals surface area contributed by atoms with E-state index in [1.54, 1.807) is 17.0 Å². The second-order valence-electron chi connectivity index (χ2n) is 7.34. The fourth-order valence-corrected chi connectivity index (χ4v) is 5.98. The average molecular weight is 388 g/mol. The van der Waals surface area contributed by atoms with Crippen LogP contribution < -0.4 is 4.90 Å². The lowest BCUT2D eigenvalue weighted by Crippen LogP contribution is -2.61. The molecule has 2 heterocycles. The molecule has 2 aromatic rings. The Morgan fingerprint density at radius 2 is 1.63 bits per heavy atom. The third-order valence-corrected chi connectivity index (χ3v) is 7.01. The van der Waals surface area contributed by atoms with Gasteiger partial charge < -0.3 is 4.90 Å². The van der Waals surface area contributed by atoms with Crippen LogP contribution in [0.25, 0.3) is 0 Å². The van der Waals surface area contributed by atoms with Gasteiger partial charge in [0.1, 0.15) is 5.82 Å². The van der Waals surface area contributed by atoms with Crippen molar-refractivity contribution in [2.24, 2.45) is 0 Å². The number of benzene rings is 2. The van der Waals surface area contributed by atoms with E-state index in [4.69, 9.17) is 0 Å². The van der Waals surface area contributed by atoms with Crippen molar-refractivity contribution < 1.29 is 17.6 Å². The SMILES string of the molecule is Cc1ccc(N2C(=O)CN(Cc3ccc(F)cc3)[C@H]3CS(=O)(=O)C[C@@H]32)cc1. The topological polar surface area (TPSA) is 57.7 Å². The summed E-state index contributed by atoms with van der Waals surface area (Å²) in [5.41, 5.74) is 2.67. The van der Waals surface area contributed by atoms with E-state index in [1.807, 2.05) is 36.1 Å². The molecule has 2 atom stereocenters. The second kappa shape index (κ2) is 6.73. The molecule has 0 aromatic heterocycles. The number of piperazine rings is 1. The van der Waals surface area contributed by atoms with E-state index in [0.717, 1.165) is 16.8 Å². The zero-order valence-corrected chi connectivity index (χ0v) is 15.8. The first-order valence-electron chi connectivity index (χ1n) is 8.90. The lowest BCUT2D eigenvalue weighted by Gasteiger charge is -2.43. The molecule has 5 nitrogen and oxygen atoms in total. The van der Waals surface area contributed by atoms with E-state index in [9.17, 15) is 17.6 Å². The Bertz CT molecular complexity index is 958. The number of amides is 1. The number of fused-ring (bicyclic) bond motifs is 1. The van der Waals surface area contributed by atoms with E-state index in [0.29, 0.717) is 6.54 Å². The minimum atomic E-state index is -3.23. The van der Waals surface area contributed by atoms with Gasteiger partial charge in [0.25, 0.3) is 0 Å². The number of carbonyl (C=O) groups is 1. The summed E-state index contributed by atoms with van der Waals surface area (Å²) in [6, 6.07) is 13.0. The highest BCUT2D eigenvalue weighted by Gasteiger charge is 2.49. The summed E-state index contributed by atoms with van der Waals surface area (Å²) >= 11 is 0. The first kappa shape index (κ1) is 18.1. The summed E-state index contributed by atoms with van der Waals surface area (Å²) in [5, 5.41) is 0. The van der Waals surface area contributed by atoms with Gasteiger partial charge in [-0.2, -0.15) is 0 Å². The van der Waals surface area contributed by atoms with Crippen molar-refractivity contribution in [1.82, 2.24) is 4.90 Å². The normalized spacial score (nSPS) is 24.8. The number of aryl methyl sites for hydroxylation is 1. The molecule has 0 unspecified atom stereocenters. The van der Waals surface area contributed by atoms with Gasteiger partial charge in [0.2, 0.25) is 5.91 Å². The average Bonchev–Trinajstić information content (AvgIpc) is 2.93. The van der Waals surface area contributed by atoms with E-state index in [2.05, 4.69) is 0 Å². The van der Waals surface area contributed by atoms with Gasteiger partial charge >= 0.3 is 0 Å². The summed E-state index contributed by atoms with van der Waals surface area (Å²) in [7, 11) is -3.23. The van der Waals surface area contributed by atoms with Crippen LogP contribution in [0.3, 0.4) is 0 Å². The van der Waals surface area contributed by atoms with Gasteiger partial charge in [-0.3, -0.25) is 9.69 Å². The van der Waals surface area contributed by atoms with E-state index in [-0.39, 0.29) is 35.8 Å². The predicted octanol–water partition coefficient (Wildman–Crippen LogP) is 2.15. The molecular weight excluding hydrogens is 367 g/mol. The highest BCUT2D eigenvalue weighted by atomic mass is 32.2. The Kier molecular flexibility index (Phi) is 4.52. The molecule has 2 aliphatic rings. The number of rotatable bonds is 3. The van der Waals surface area contributed by atoms with E-state index < -0.39 is 15.9 Å². The largest absolute Gasteiger partial charge is 0.306 e. The molecule has 7 heteroatoms. The van der Waals surface area contributed by atoms with Gasteiger partial charge in [-0.05, 0) is 36.8 Å². The molecule has 0 N–H and O–H groups in total. The maximum absolute atomic E-state index is 13.2. The van der Waals surface area contributed by atoms with Crippen molar-refractivity contribution in [2.75, 3.05) is 23.0 Å². The first-order valence-corrected chi connectivity index (χ1v) is 10.7. The minimum absolute atomic E-state index is 0.0306. The van der Waals surface area contributed by atoms with Crippen molar-refractivity contribution in [3.63, 3.8) is 0 Å². The molecule has 27 heavy (non-hydrogen) atoms. The summed E-state index contributed by atoms with van der Waals surface area (Å²) in [5.74, 6) is -0.425. The van der Waals surface area contributed by atoms with Crippen molar-refractivity contribution in [2.45, 2.75) is 25.6 Å². The van der Waals surface area contributed by atoms with Crippen molar-refractivity contribution >= 4 is 21.4 Å². The molecule has 0 aliphatic carbocycles. The number of nitrogens with zero attached hydrogens (tertiary/aromatic N) is 2. The third-order valence-electron chi connectivity index (χ3n) is 5.31. The molecule has 1 amide bonds. The Labute approximate surface area is 158 Å². The van der Waals surface area contributed by atoms with Crippen LogP contribution in [-0.4, -0.2) is 49.4 Å². The van der Waals surface area contributed by atoms with Gasteiger partial charge in [-0.1, -0.05) is 29.8 Å². The lowest BCUT2D eigenvalue weighted by molar-refractivity contribution is -0.123. The number of anilines is 1. The van der Waals surface area contributed by atoms with Gasteiger partial charge in [0.05, 0.1) is 24.1 Å². The van der Waals surface area contributed by atoms with Crippen LogP contribution in [0.5, 0.6) is 0 Å². The van der Waals surface area contributed by atoms with Crippen LogP contribution in [0.1, 0.15) is 11.1 Å². The summed E-state index contributed by atoms with van der Waals surface area (Å²) in [6.07, 6.45) is 0. The molecule has 142 valence electrons. The molecule has 2 saturated heterocycles. The Hall–Kier alpha value is -2.25. The van der Waals surface area contributed by atoms with Crippen LogP contribution >= 0.6 is 0 Å².